The molecule has 0 bridgehead atoms. The van der Waals surface area contributed by atoms with Crippen LogP contribution in [0.15, 0.2) is 6.20 Å². The number of nitrogens with zero attached hydrogens (tertiary/aromatic N) is 1. The van der Waals surface area contributed by atoms with Gasteiger partial charge in [-0.15, -0.1) is 11.3 Å². The zero-order valence-corrected chi connectivity index (χ0v) is 8.52. The number of rotatable bonds is 4. The van der Waals surface area contributed by atoms with Gasteiger partial charge in [0.15, 0.2) is 0 Å². The van der Waals surface area contributed by atoms with E-state index in [2.05, 4.69) is 10.3 Å². The molecule has 0 aliphatic carbocycles. The summed E-state index contributed by atoms with van der Waals surface area (Å²) in [5, 5.41) is 3.97. The van der Waals surface area contributed by atoms with Crippen molar-refractivity contribution in [2.24, 2.45) is 5.73 Å². The van der Waals surface area contributed by atoms with Gasteiger partial charge in [-0.3, -0.25) is 10.1 Å². The Hall–Kier alpha value is -0.940. The van der Waals surface area contributed by atoms with E-state index in [0.29, 0.717) is 0 Å². The molecular formula is C8H13N3OS. The predicted octanol–water partition coefficient (Wildman–Crippen LogP) is 0.587. The van der Waals surface area contributed by atoms with Crippen molar-refractivity contribution in [3.63, 3.8) is 0 Å². The van der Waals surface area contributed by atoms with Crippen molar-refractivity contribution in [3.8, 4) is 0 Å². The molecule has 0 saturated heterocycles. The van der Waals surface area contributed by atoms with E-state index in [0.717, 1.165) is 5.01 Å². The van der Waals surface area contributed by atoms with Crippen LogP contribution in [0.4, 0.5) is 0 Å². The Kier molecular flexibility index (Phi) is 3.39. The standard InChI is InChI=1S/C8H13N3OS/c1-5-3-11-8(13-5)6(2)10-4-7(9)12/h3,6,10H,4H2,1-2H3,(H2,9,12). The minimum Gasteiger partial charge on any atom is -0.369 e. The molecule has 1 atom stereocenters. The molecule has 13 heavy (non-hydrogen) atoms. The van der Waals surface area contributed by atoms with Crippen LogP contribution in [-0.2, 0) is 4.79 Å². The van der Waals surface area contributed by atoms with Crippen LogP contribution in [0.3, 0.4) is 0 Å². The van der Waals surface area contributed by atoms with E-state index in [1.807, 2.05) is 20.0 Å². The molecule has 1 unspecified atom stereocenters. The quantitative estimate of drug-likeness (QED) is 0.745. The molecule has 4 nitrogen and oxygen atoms in total. The van der Waals surface area contributed by atoms with Crippen LogP contribution in [0, 0.1) is 6.92 Å². The van der Waals surface area contributed by atoms with Gasteiger partial charge in [-0.2, -0.15) is 0 Å². The third-order valence-corrected chi connectivity index (χ3v) is 2.69. The zero-order valence-electron chi connectivity index (χ0n) is 7.70. The average Bonchev–Trinajstić information content (AvgIpc) is 2.47. The van der Waals surface area contributed by atoms with E-state index in [1.165, 1.54) is 4.88 Å². The van der Waals surface area contributed by atoms with Gasteiger partial charge < -0.3 is 5.73 Å². The Morgan fingerprint density at radius 3 is 3.00 bits per heavy atom. The number of thiazole rings is 1. The van der Waals surface area contributed by atoms with Crippen molar-refractivity contribution < 1.29 is 4.79 Å². The molecule has 3 N–H and O–H groups in total. The average molecular weight is 199 g/mol. The summed E-state index contributed by atoms with van der Waals surface area (Å²) < 4.78 is 0. The first-order valence-corrected chi connectivity index (χ1v) is 4.85. The van der Waals surface area contributed by atoms with Gasteiger partial charge in [-0.05, 0) is 13.8 Å². The fourth-order valence-corrected chi connectivity index (χ4v) is 1.71. The van der Waals surface area contributed by atoms with Gasteiger partial charge in [0.05, 0.1) is 12.6 Å². The second-order valence-electron chi connectivity index (χ2n) is 2.88. The summed E-state index contributed by atoms with van der Waals surface area (Å²) >= 11 is 1.62. The first kappa shape index (κ1) is 10.1. The number of nitrogens with one attached hydrogen (secondary N) is 1. The zero-order chi connectivity index (χ0) is 9.84. The molecule has 0 fully saturated rings. The molecule has 5 heteroatoms. The number of primary amides is 1. The summed E-state index contributed by atoms with van der Waals surface area (Å²) in [7, 11) is 0. The van der Waals surface area contributed by atoms with E-state index >= 15 is 0 Å². The molecule has 72 valence electrons. The Labute approximate surface area is 81.2 Å². The molecule has 1 amide bonds. The first-order chi connectivity index (χ1) is 6.09. The van der Waals surface area contributed by atoms with E-state index in [4.69, 9.17) is 5.73 Å². The highest BCUT2D eigenvalue weighted by Gasteiger charge is 2.08. The van der Waals surface area contributed by atoms with Crippen LogP contribution >= 0.6 is 11.3 Å². The fourth-order valence-electron chi connectivity index (χ4n) is 0.913. The highest BCUT2D eigenvalue weighted by atomic mass is 32.1. The van der Waals surface area contributed by atoms with Crippen LogP contribution < -0.4 is 11.1 Å². The number of nitrogens with two attached hydrogens (primary N) is 1. The van der Waals surface area contributed by atoms with E-state index in [9.17, 15) is 4.79 Å². The minimum absolute atomic E-state index is 0.0891. The topological polar surface area (TPSA) is 68.0 Å². The number of carbonyl (C=O) groups is 1. The maximum atomic E-state index is 10.5. The van der Waals surface area contributed by atoms with E-state index < -0.39 is 0 Å². The first-order valence-electron chi connectivity index (χ1n) is 4.03. The lowest BCUT2D eigenvalue weighted by atomic mass is 10.3. The summed E-state index contributed by atoms with van der Waals surface area (Å²) in [6, 6.07) is 0.0891. The lowest BCUT2D eigenvalue weighted by molar-refractivity contribution is -0.117. The number of hydrogen-bond acceptors (Lipinski definition) is 4. The van der Waals surface area contributed by atoms with Crippen molar-refractivity contribution in [1.29, 1.82) is 0 Å². The molecule has 0 spiro atoms. The Morgan fingerprint density at radius 2 is 2.54 bits per heavy atom. The van der Waals surface area contributed by atoms with Gasteiger partial charge >= 0.3 is 0 Å². The monoisotopic (exact) mass is 199 g/mol. The van der Waals surface area contributed by atoms with E-state index in [-0.39, 0.29) is 18.5 Å². The van der Waals surface area contributed by atoms with Crippen molar-refractivity contribution in [2.45, 2.75) is 19.9 Å². The lowest BCUT2D eigenvalue weighted by Crippen LogP contribution is -2.30. The number of hydrogen-bond donors (Lipinski definition) is 2. The van der Waals surface area contributed by atoms with Gasteiger partial charge in [0.1, 0.15) is 5.01 Å². The minimum atomic E-state index is -0.347. The van der Waals surface area contributed by atoms with Crippen molar-refractivity contribution >= 4 is 17.2 Å². The number of amides is 1. The van der Waals surface area contributed by atoms with E-state index in [1.54, 1.807) is 11.3 Å². The van der Waals surface area contributed by atoms with Gasteiger partial charge in [-0.1, -0.05) is 0 Å². The third kappa shape index (κ3) is 3.12. The van der Waals surface area contributed by atoms with Crippen molar-refractivity contribution in [1.82, 2.24) is 10.3 Å². The maximum absolute atomic E-state index is 10.5. The predicted molar refractivity (Wildman–Crippen MR) is 52.5 cm³/mol. The molecule has 1 aromatic heterocycles. The van der Waals surface area contributed by atoms with Crippen LogP contribution in [0.2, 0.25) is 0 Å². The summed E-state index contributed by atoms with van der Waals surface area (Å²) in [5.74, 6) is -0.347. The molecule has 0 aliphatic heterocycles. The van der Waals surface area contributed by atoms with Gasteiger partial charge in [0.2, 0.25) is 5.91 Å². The van der Waals surface area contributed by atoms with Gasteiger partial charge in [-0.25, -0.2) is 4.98 Å². The fraction of sp³-hybridized carbons (Fsp3) is 0.500. The Balaban J connectivity index is 2.48. The van der Waals surface area contributed by atoms with Crippen LogP contribution in [0.25, 0.3) is 0 Å². The molecule has 0 aromatic carbocycles. The summed E-state index contributed by atoms with van der Waals surface area (Å²) in [5.41, 5.74) is 5.01. The van der Waals surface area contributed by atoms with Crippen LogP contribution in [0.1, 0.15) is 22.9 Å². The molecule has 1 heterocycles. The molecule has 1 aromatic rings. The van der Waals surface area contributed by atoms with Crippen molar-refractivity contribution in [2.75, 3.05) is 6.54 Å². The number of aromatic nitrogens is 1. The van der Waals surface area contributed by atoms with Crippen LogP contribution in [0.5, 0.6) is 0 Å². The van der Waals surface area contributed by atoms with Crippen molar-refractivity contribution in [3.05, 3.63) is 16.1 Å². The third-order valence-electron chi connectivity index (χ3n) is 1.59. The summed E-state index contributed by atoms with van der Waals surface area (Å²) in [6.07, 6.45) is 1.82. The highest BCUT2D eigenvalue weighted by molar-refractivity contribution is 7.11. The number of carbonyl (C=O) groups excluding carboxylic acids is 1. The summed E-state index contributed by atoms with van der Waals surface area (Å²) in [4.78, 5) is 15.8. The Morgan fingerprint density at radius 1 is 1.85 bits per heavy atom. The largest absolute Gasteiger partial charge is 0.369 e. The Bertz CT molecular complexity index is 297. The lowest BCUT2D eigenvalue weighted by Gasteiger charge is -2.08. The molecule has 0 aliphatic rings. The SMILES string of the molecule is Cc1cnc(C(C)NCC(N)=O)s1. The second-order valence-corrected chi connectivity index (χ2v) is 4.14. The van der Waals surface area contributed by atoms with Crippen LogP contribution in [-0.4, -0.2) is 17.4 Å². The van der Waals surface area contributed by atoms with Gasteiger partial charge in [0, 0.05) is 11.1 Å². The smallest absolute Gasteiger partial charge is 0.231 e. The highest BCUT2D eigenvalue weighted by Crippen LogP contribution is 2.18. The maximum Gasteiger partial charge on any atom is 0.231 e. The molecule has 0 radical (unpaired) electrons. The van der Waals surface area contributed by atoms with Gasteiger partial charge in [0.25, 0.3) is 0 Å². The second kappa shape index (κ2) is 4.34. The molecule has 1 rings (SSSR count). The normalized spacial score (nSPS) is 12.8. The number of aryl methyl sites for hydroxylation is 1. The summed E-state index contributed by atoms with van der Waals surface area (Å²) in [6.45, 7) is 4.16. The molecular weight excluding hydrogens is 186 g/mol. The molecule has 0 saturated carbocycles.